The third-order valence-corrected chi connectivity index (χ3v) is 5.57. The normalized spacial score (nSPS) is 21.4. The second kappa shape index (κ2) is 8.72. The molecule has 2 heterocycles. The summed E-state index contributed by atoms with van der Waals surface area (Å²) in [6.45, 7) is 6.05. The van der Waals surface area contributed by atoms with Crippen LogP contribution in [0.2, 0.25) is 0 Å². The number of likely N-dealkylation sites (tertiary alicyclic amines) is 2. The van der Waals surface area contributed by atoms with Crippen molar-refractivity contribution in [2.75, 3.05) is 40.4 Å². The lowest BCUT2D eigenvalue weighted by molar-refractivity contribution is 0.107. The average Bonchev–Trinajstić information content (AvgIpc) is 2.91. The molecule has 2 aliphatic heterocycles. The SMILES string of the molecule is COc1ccc(CN2CCC(N3CCCCCC3)CC2)cc1OC. The number of hydrogen-bond donors (Lipinski definition) is 0. The van der Waals surface area contributed by atoms with Gasteiger partial charge in [-0.3, -0.25) is 4.90 Å². The molecular formula is C20H32N2O2. The van der Waals surface area contributed by atoms with Gasteiger partial charge in [-0.2, -0.15) is 0 Å². The highest BCUT2D eigenvalue weighted by Gasteiger charge is 2.25. The Labute approximate surface area is 146 Å². The van der Waals surface area contributed by atoms with E-state index in [0.717, 1.165) is 24.1 Å². The van der Waals surface area contributed by atoms with Crippen LogP contribution in [0.15, 0.2) is 18.2 Å². The molecular weight excluding hydrogens is 300 g/mol. The molecule has 2 saturated heterocycles. The van der Waals surface area contributed by atoms with Gasteiger partial charge >= 0.3 is 0 Å². The molecule has 2 fully saturated rings. The van der Waals surface area contributed by atoms with E-state index in [0.29, 0.717) is 0 Å². The number of benzene rings is 1. The van der Waals surface area contributed by atoms with E-state index in [2.05, 4.69) is 21.9 Å². The lowest BCUT2D eigenvalue weighted by Crippen LogP contribution is -2.45. The zero-order chi connectivity index (χ0) is 16.8. The minimum atomic E-state index is 0.807. The third-order valence-electron chi connectivity index (χ3n) is 5.57. The number of methoxy groups -OCH3 is 2. The Kier molecular flexibility index (Phi) is 6.38. The van der Waals surface area contributed by atoms with E-state index in [1.165, 1.54) is 70.3 Å². The van der Waals surface area contributed by atoms with Crippen molar-refractivity contribution < 1.29 is 9.47 Å². The van der Waals surface area contributed by atoms with Gasteiger partial charge in [0.15, 0.2) is 11.5 Å². The Bertz CT molecular complexity index is 504. The molecule has 0 saturated carbocycles. The first-order chi connectivity index (χ1) is 11.8. The smallest absolute Gasteiger partial charge is 0.161 e. The Morgan fingerprint density at radius 2 is 1.54 bits per heavy atom. The predicted molar refractivity (Wildman–Crippen MR) is 97.9 cm³/mol. The summed E-state index contributed by atoms with van der Waals surface area (Å²) in [5.74, 6) is 1.63. The Balaban J connectivity index is 1.51. The van der Waals surface area contributed by atoms with Gasteiger partial charge in [-0.25, -0.2) is 0 Å². The first kappa shape index (κ1) is 17.6. The molecule has 134 valence electrons. The Hall–Kier alpha value is -1.26. The van der Waals surface area contributed by atoms with Gasteiger partial charge in [-0.15, -0.1) is 0 Å². The van der Waals surface area contributed by atoms with Gasteiger partial charge in [0.1, 0.15) is 0 Å². The fraction of sp³-hybridized carbons (Fsp3) is 0.700. The van der Waals surface area contributed by atoms with Crippen LogP contribution in [0.4, 0.5) is 0 Å². The van der Waals surface area contributed by atoms with Crippen LogP contribution in [0.3, 0.4) is 0 Å². The van der Waals surface area contributed by atoms with Gasteiger partial charge in [-0.05, 0) is 69.6 Å². The lowest BCUT2D eigenvalue weighted by Gasteiger charge is -2.38. The van der Waals surface area contributed by atoms with Crippen LogP contribution >= 0.6 is 0 Å². The van der Waals surface area contributed by atoms with E-state index in [1.807, 2.05) is 6.07 Å². The molecule has 0 atom stereocenters. The highest BCUT2D eigenvalue weighted by atomic mass is 16.5. The minimum Gasteiger partial charge on any atom is -0.493 e. The Morgan fingerprint density at radius 3 is 2.17 bits per heavy atom. The zero-order valence-corrected chi connectivity index (χ0v) is 15.3. The maximum atomic E-state index is 5.42. The monoisotopic (exact) mass is 332 g/mol. The van der Waals surface area contributed by atoms with Crippen molar-refractivity contribution in [3.63, 3.8) is 0 Å². The quantitative estimate of drug-likeness (QED) is 0.823. The maximum absolute atomic E-state index is 5.42. The van der Waals surface area contributed by atoms with Crippen molar-refractivity contribution in [1.82, 2.24) is 9.80 Å². The van der Waals surface area contributed by atoms with E-state index in [9.17, 15) is 0 Å². The van der Waals surface area contributed by atoms with Crippen LogP contribution in [-0.4, -0.2) is 56.2 Å². The van der Waals surface area contributed by atoms with Crippen molar-refractivity contribution in [3.05, 3.63) is 23.8 Å². The molecule has 1 aromatic carbocycles. The molecule has 0 amide bonds. The number of rotatable bonds is 5. The van der Waals surface area contributed by atoms with Gasteiger partial charge in [0.2, 0.25) is 0 Å². The van der Waals surface area contributed by atoms with Gasteiger partial charge < -0.3 is 14.4 Å². The molecule has 2 aliphatic rings. The molecule has 0 unspecified atom stereocenters. The molecule has 4 nitrogen and oxygen atoms in total. The van der Waals surface area contributed by atoms with Crippen LogP contribution in [-0.2, 0) is 6.54 Å². The highest BCUT2D eigenvalue weighted by Crippen LogP contribution is 2.29. The summed E-state index contributed by atoms with van der Waals surface area (Å²) in [5.41, 5.74) is 1.31. The number of hydrogen-bond acceptors (Lipinski definition) is 4. The van der Waals surface area contributed by atoms with Crippen LogP contribution in [0, 0.1) is 0 Å². The fourth-order valence-corrected chi connectivity index (χ4v) is 4.14. The summed E-state index contributed by atoms with van der Waals surface area (Å²) in [4.78, 5) is 5.34. The standard InChI is InChI=1S/C20H32N2O2/c1-23-19-8-7-17(15-20(19)24-2)16-21-13-9-18(10-14-21)22-11-5-3-4-6-12-22/h7-8,15,18H,3-6,9-14,16H2,1-2H3. The van der Waals surface area contributed by atoms with Gasteiger partial charge in [0.25, 0.3) is 0 Å². The van der Waals surface area contributed by atoms with Crippen molar-refractivity contribution in [3.8, 4) is 11.5 Å². The summed E-state index contributed by atoms with van der Waals surface area (Å²) in [5, 5.41) is 0. The van der Waals surface area contributed by atoms with E-state index >= 15 is 0 Å². The summed E-state index contributed by atoms with van der Waals surface area (Å²) < 4.78 is 10.8. The molecule has 0 radical (unpaired) electrons. The van der Waals surface area contributed by atoms with Crippen molar-refractivity contribution in [2.24, 2.45) is 0 Å². The lowest BCUT2D eigenvalue weighted by atomic mass is 10.0. The molecule has 0 N–H and O–H groups in total. The first-order valence-corrected chi connectivity index (χ1v) is 9.47. The molecule has 0 aromatic heterocycles. The topological polar surface area (TPSA) is 24.9 Å². The maximum Gasteiger partial charge on any atom is 0.161 e. The molecule has 0 spiro atoms. The third kappa shape index (κ3) is 4.42. The average molecular weight is 332 g/mol. The van der Waals surface area contributed by atoms with E-state index in [4.69, 9.17) is 9.47 Å². The Morgan fingerprint density at radius 1 is 0.875 bits per heavy atom. The molecule has 4 heteroatoms. The van der Waals surface area contributed by atoms with Crippen molar-refractivity contribution in [1.29, 1.82) is 0 Å². The van der Waals surface area contributed by atoms with Gasteiger partial charge in [-0.1, -0.05) is 18.9 Å². The van der Waals surface area contributed by atoms with Crippen molar-refractivity contribution >= 4 is 0 Å². The summed E-state index contributed by atoms with van der Waals surface area (Å²) in [6, 6.07) is 7.09. The molecule has 0 bridgehead atoms. The molecule has 1 aromatic rings. The van der Waals surface area contributed by atoms with Gasteiger partial charge in [0.05, 0.1) is 14.2 Å². The zero-order valence-electron chi connectivity index (χ0n) is 15.3. The summed E-state index contributed by atoms with van der Waals surface area (Å²) >= 11 is 0. The van der Waals surface area contributed by atoms with Crippen LogP contribution in [0.25, 0.3) is 0 Å². The molecule has 24 heavy (non-hydrogen) atoms. The second-order valence-corrected chi connectivity index (χ2v) is 7.15. The van der Waals surface area contributed by atoms with Crippen LogP contribution in [0.1, 0.15) is 44.1 Å². The summed E-state index contributed by atoms with van der Waals surface area (Å²) in [6.07, 6.45) is 8.27. The molecule has 3 rings (SSSR count). The van der Waals surface area contributed by atoms with Crippen molar-refractivity contribution in [2.45, 2.75) is 51.1 Å². The van der Waals surface area contributed by atoms with E-state index in [-0.39, 0.29) is 0 Å². The minimum absolute atomic E-state index is 0.807. The number of nitrogens with zero attached hydrogens (tertiary/aromatic N) is 2. The van der Waals surface area contributed by atoms with E-state index < -0.39 is 0 Å². The largest absolute Gasteiger partial charge is 0.493 e. The fourth-order valence-electron chi connectivity index (χ4n) is 4.14. The van der Waals surface area contributed by atoms with E-state index in [1.54, 1.807) is 14.2 Å². The highest BCUT2D eigenvalue weighted by molar-refractivity contribution is 5.42. The van der Waals surface area contributed by atoms with Crippen LogP contribution < -0.4 is 9.47 Å². The predicted octanol–water partition coefficient (Wildman–Crippen LogP) is 3.54. The first-order valence-electron chi connectivity index (χ1n) is 9.47. The van der Waals surface area contributed by atoms with Gasteiger partial charge in [0, 0.05) is 12.6 Å². The molecule has 0 aliphatic carbocycles. The van der Waals surface area contributed by atoms with Crippen LogP contribution in [0.5, 0.6) is 11.5 Å². The second-order valence-electron chi connectivity index (χ2n) is 7.15. The number of ether oxygens (including phenoxy) is 2. The number of piperidine rings is 1. The summed E-state index contributed by atoms with van der Waals surface area (Å²) in [7, 11) is 3.39.